The molecule has 3 heteroatoms. The van der Waals surface area contributed by atoms with Crippen LogP contribution in [0.5, 0.6) is 0 Å². The Morgan fingerprint density at radius 3 is 2.38 bits per heavy atom. The van der Waals surface area contributed by atoms with Crippen molar-refractivity contribution in [3.63, 3.8) is 0 Å². The fourth-order valence-electron chi connectivity index (χ4n) is 1.89. The summed E-state index contributed by atoms with van der Waals surface area (Å²) in [6.07, 6.45) is 1.61. The molecule has 1 N–H and O–H groups in total. The monoisotopic (exact) mass is 276 g/mol. The first-order chi connectivity index (χ1) is 10.1. The maximum Gasteiger partial charge on any atom is 0.266 e. The lowest BCUT2D eigenvalue weighted by molar-refractivity contribution is -0.112. The van der Waals surface area contributed by atoms with Crippen LogP contribution < -0.4 is 5.32 Å². The van der Waals surface area contributed by atoms with E-state index in [-0.39, 0.29) is 5.57 Å². The summed E-state index contributed by atoms with van der Waals surface area (Å²) in [6, 6.07) is 17.0. The predicted molar refractivity (Wildman–Crippen MR) is 84.6 cm³/mol. The smallest absolute Gasteiger partial charge is 0.266 e. The summed E-state index contributed by atoms with van der Waals surface area (Å²) in [4.78, 5) is 12.1. The third-order valence-corrected chi connectivity index (χ3v) is 3.16. The van der Waals surface area contributed by atoms with Crippen LogP contribution in [-0.2, 0) is 4.79 Å². The highest BCUT2D eigenvalue weighted by atomic mass is 16.1. The van der Waals surface area contributed by atoms with Gasteiger partial charge in [-0.2, -0.15) is 5.26 Å². The summed E-state index contributed by atoms with van der Waals surface area (Å²) < 4.78 is 0. The van der Waals surface area contributed by atoms with E-state index in [1.54, 1.807) is 6.08 Å². The topological polar surface area (TPSA) is 52.9 Å². The molecule has 0 bridgehead atoms. The van der Waals surface area contributed by atoms with Gasteiger partial charge in [-0.3, -0.25) is 4.79 Å². The van der Waals surface area contributed by atoms with Gasteiger partial charge in [0.05, 0.1) is 0 Å². The Kier molecular flexibility index (Phi) is 4.53. The average molecular weight is 276 g/mol. The molecular weight excluding hydrogens is 260 g/mol. The zero-order chi connectivity index (χ0) is 15.2. The molecule has 0 saturated heterocycles. The van der Waals surface area contributed by atoms with Crippen molar-refractivity contribution in [2.75, 3.05) is 5.32 Å². The largest absolute Gasteiger partial charge is 0.321 e. The molecule has 2 aromatic rings. The Hall–Kier alpha value is -2.86. The van der Waals surface area contributed by atoms with Gasteiger partial charge in [0.2, 0.25) is 0 Å². The van der Waals surface area contributed by atoms with Crippen LogP contribution in [0, 0.1) is 25.2 Å². The molecule has 0 fully saturated rings. The molecule has 0 spiro atoms. The average Bonchev–Trinajstić information content (AvgIpc) is 2.48. The first-order valence-corrected chi connectivity index (χ1v) is 6.65. The number of hydrogen-bond donors (Lipinski definition) is 1. The predicted octanol–water partition coefficient (Wildman–Crippen LogP) is 3.85. The van der Waals surface area contributed by atoms with Crippen molar-refractivity contribution in [1.29, 1.82) is 5.26 Å². The molecule has 21 heavy (non-hydrogen) atoms. The molecule has 104 valence electrons. The van der Waals surface area contributed by atoms with E-state index in [0.29, 0.717) is 5.69 Å². The molecule has 0 aliphatic rings. The fraction of sp³-hybridized carbons (Fsp3) is 0.111. The van der Waals surface area contributed by atoms with Gasteiger partial charge in [0.15, 0.2) is 0 Å². The second-order valence-electron chi connectivity index (χ2n) is 4.85. The third-order valence-electron chi connectivity index (χ3n) is 3.16. The molecule has 0 unspecified atom stereocenters. The Balaban J connectivity index is 2.22. The lowest BCUT2D eigenvalue weighted by atomic mass is 10.1. The van der Waals surface area contributed by atoms with E-state index < -0.39 is 5.91 Å². The van der Waals surface area contributed by atoms with E-state index in [0.717, 1.165) is 16.7 Å². The van der Waals surface area contributed by atoms with E-state index in [1.807, 2.05) is 68.4 Å². The quantitative estimate of drug-likeness (QED) is 0.684. The first kappa shape index (κ1) is 14.5. The van der Waals surface area contributed by atoms with Gasteiger partial charge in [-0.1, -0.05) is 42.0 Å². The number of anilines is 1. The molecule has 3 nitrogen and oxygen atoms in total. The van der Waals surface area contributed by atoms with Gasteiger partial charge in [-0.15, -0.1) is 0 Å². The number of nitriles is 1. The molecule has 2 rings (SSSR count). The fourth-order valence-corrected chi connectivity index (χ4v) is 1.89. The Labute approximate surface area is 124 Å². The number of rotatable bonds is 3. The van der Waals surface area contributed by atoms with Crippen molar-refractivity contribution in [3.8, 4) is 6.07 Å². The highest BCUT2D eigenvalue weighted by molar-refractivity contribution is 6.09. The molecule has 0 aromatic heterocycles. The molecule has 0 radical (unpaired) electrons. The number of amides is 1. The number of carbonyl (C=O) groups excluding carboxylic acids is 1. The minimum Gasteiger partial charge on any atom is -0.321 e. The Morgan fingerprint density at radius 1 is 1.10 bits per heavy atom. The normalized spacial score (nSPS) is 10.8. The van der Waals surface area contributed by atoms with Crippen LogP contribution in [0.3, 0.4) is 0 Å². The third kappa shape index (κ3) is 3.80. The van der Waals surface area contributed by atoms with E-state index in [9.17, 15) is 10.1 Å². The van der Waals surface area contributed by atoms with E-state index in [4.69, 9.17) is 0 Å². The minimum absolute atomic E-state index is 0.0878. The number of nitrogens with zero attached hydrogens (tertiary/aromatic N) is 1. The van der Waals surface area contributed by atoms with Crippen LogP contribution >= 0.6 is 0 Å². The van der Waals surface area contributed by atoms with Gasteiger partial charge in [-0.05, 0) is 43.2 Å². The molecule has 0 saturated carbocycles. The number of carbonyl (C=O) groups is 1. The second kappa shape index (κ2) is 6.53. The van der Waals surface area contributed by atoms with Crippen LogP contribution in [0.1, 0.15) is 16.7 Å². The minimum atomic E-state index is -0.399. The molecular formula is C18H16N2O. The van der Waals surface area contributed by atoms with Crippen LogP contribution in [0.2, 0.25) is 0 Å². The van der Waals surface area contributed by atoms with Crippen LogP contribution in [0.25, 0.3) is 6.08 Å². The summed E-state index contributed by atoms with van der Waals surface area (Å²) in [6.45, 7) is 3.92. The summed E-state index contributed by atoms with van der Waals surface area (Å²) in [5, 5.41) is 11.9. The summed E-state index contributed by atoms with van der Waals surface area (Å²) in [5.74, 6) is -0.399. The van der Waals surface area contributed by atoms with E-state index in [1.165, 1.54) is 0 Å². The van der Waals surface area contributed by atoms with Crippen LogP contribution in [0.4, 0.5) is 5.69 Å². The SMILES string of the molecule is Cc1ccc(NC(=O)/C(C#N)=C/c2ccccc2C)cc1. The lowest BCUT2D eigenvalue weighted by Gasteiger charge is -2.05. The van der Waals surface area contributed by atoms with Crippen molar-refractivity contribution in [1.82, 2.24) is 0 Å². The van der Waals surface area contributed by atoms with Crippen molar-refractivity contribution in [2.24, 2.45) is 0 Å². The Bertz CT molecular complexity index is 722. The maximum absolute atomic E-state index is 12.1. The number of benzene rings is 2. The van der Waals surface area contributed by atoms with E-state index in [2.05, 4.69) is 5.32 Å². The second-order valence-corrected chi connectivity index (χ2v) is 4.85. The number of aryl methyl sites for hydroxylation is 2. The molecule has 0 aliphatic carbocycles. The molecule has 2 aromatic carbocycles. The van der Waals surface area contributed by atoms with Gasteiger partial charge >= 0.3 is 0 Å². The van der Waals surface area contributed by atoms with E-state index >= 15 is 0 Å². The van der Waals surface area contributed by atoms with Crippen molar-refractivity contribution in [2.45, 2.75) is 13.8 Å². The Morgan fingerprint density at radius 2 is 1.76 bits per heavy atom. The molecule has 0 aliphatic heterocycles. The van der Waals surface area contributed by atoms with Crippen molar-refractivity contribution < 1.29 is 4.79 Å². The van der Waals surface area contributed by atoms with Crippen LogP contribution in [-0.4, -0.2) is 5.91 Å². The molecule has 1 amide bonds. The highest BCUT2D eigenvalue weighted by Crippen LogP contribution is 2.14. The van der Waals surface area contributed by atoms with Gasteiger partial charge < -0.3 is 5.32 Å². The van der Waals surface area contributed by atoms with Crippen molar-refractivity contribution >= 4 is 17.7 Å². The maximum atomic E-state index is 12.1. The molecule has 0 atom stereocenters. The van der Waals surface area contributed by atoms with Crippen LogP contribution in [0.15, 0.2) is 54.1 Å². The highest BCUT2D eigenvalue weighted by Gasteiger charge is 2.09. The zero-order valence-electron chi connectivity index (χ0n) is 12.1. The summed E-state index contributed by atoms with van der Waals surface area (Å²) in [5.41, 5.74) is 3.77. The summed E-state index contributed by atoms with van der Waals surface area (Å²) in [7, 11) is 0. The summed E-state index contributed by atoms with van der Waals surface area (Å²) >= 11 is 0. The lowest BCUT2D eigenvalue weighted by Crippen LogP contribution is -2.13. The zero-order valence-corrected chi connectivity index (χ0v) is 12.1. The standard InChI is InChI=1S/C18H16N2O/c1-13-7-9-17(10-8-13)20-18(21)16(12-19)11-15-6-4-3-5-14(15)2/h3-11H,1-2H3,(H,20,21)/b16-11+. The number of hydrogen-bond acceptors (Lipinski definition) is 2. The van der Waals surface area contributed by atoms with Gasteiger partial charge in [0.1, 0.15) is 11.6 Å². The number of nitrogens with one attached hydrogen (secondary N) is 1. The van der Waals surface area contributed by atoms with Crippen molar-refractivity contribution in [3.05, 3.63) is 70.8 Å². The van der Waals surface area contributed by atoms with Gasteiger partial charge in [-0.25, -0.2) is 0 Å². The van der Waals surface area contributed by atoms with Gasteiger partial charge in [0.25, 0.3) is 5.91 Å². The first-order valence-electron chi connectivity index (χ1n) is 6.65. The van der Waals surface area contributed by atoms with Gasteiger partial charge in [0, 0.05) is 5.69 Å². The molecule has 0 heterocycles.